The highest BCUT2D eigenvalue weighted by molar-refractivity contribution is 7.98. The molecule has 2 aromatic carbocycles. The Hall–Kier alpha value is -1.78. The number of nitrogens with zero attached hydrogens (tertiary/aromatic N) is 2. The molecule has 3 aromatic rings. The van der Waals surface area contributed by atoms with E-state index in [0.717, 1.165) is 16.1 Å². The van der Waals surface area contributed by atoms with Gasteiger partial charge in [-0.25, -0.2) is 0 Å². The average Bonchev–Trinajstić information content (AvgIpc) is 2.95. The molecule has 3 nitrogen and oxygen atoms in total. The third-order valence-corrected chi connectivity index (χ3v) is 4.19. The van der Waals surface area contributed by atoms with E-state index in [0.29, 0.717) is 23.3 Å². The molecule has 0 bridgehead atoms. The summed E-state index contributed by atoms with van der Waals surface area (Å²) in [5.74, 6) is 1.34. The third kappa shape index (κ3) is 3.86. The van der Waals surface area contributed by atoms with Crippen LogP contribution in [0.5, 0.6) is 0 Å². The second-order valence-corrected chi connectivity index (χ2v) is 5.84. The van der Waals surface area contributed by atoms with Crippen LogP contribution >= 0.6 is 23.4 Å². The Balaban J connectivity index is 1.62. The molecule has 1 aromatic heterocycles. The second-order valence-electron chi connectivity index (χ2n) is 4.50. The molecule has 0 aliphatic heterocycles. The van der Waals surface area contributed by atoms with E-state index >= 15 is 0 Å². The van der Waals surface area contributed by atoms with Gasteiger partial charge >= 0.3 is 0 Å². The second kappa shape index (κ2) is 6.78. The monoisotopic (exact) mass is 316 g/mol. The van der Waals surface area contributed by atoms with Gasteiger partial charge in [0, 0.05) is 10.8 Å². The summed E-state index contributed by atoms with van der Waals surface area (Å²) in [6.07, 6.45) is 0.653. The minimum absolute atomic E-state index is 0.570. The van der Waals surface area contributed by atoms with Crippen LogP contribution in [-0.2, 0) is 12.2 Å². The van der Waals surface area contributed by atoms with Gasteiger partial charge < -0.3 is 4.42 Å². The van der Waals surface area contributed by atoms with E-state index < -0.39 is 0 Å². The van der Waals surface area contributed by atoms with Crippen molar-refractivity contribution < 1.29 is 4.42 Å². The lowest BCUT2D eigenvalue weighted by molar-refractivity contribution is 0.420. The molecule has 0 fully saturated rings. The van der Waals surface area contributed by atoms with Crippen LogP contribution in [0.2, 0.25) is 5.02 Å². The molecule has 0 unspecified atom stereocenters. The Morgan fingerprint density at radius 3 is 2.52 bits per heavy atom. The number of hydrogen-bond donors (Lipinski definition) is 0. The van der Waals surface area contributed by atoms with Crippen LogP contribution in [0.4, 0.5) is 0 Å². The maximum Gasteiger partial charge on any atom is 0.276 e. The molecule has 0 atom stereocenters. The minimum Gasteiger partial charge on any atom is -0.416 e. The molecule has 0 aliphatic rings. The predicted octanol–water partition coefficient (Wildman–Crippen LogP) is 4.61. The number of aromatic nitrogens is 2. The molecule has 3 rings (SSSR count). The number of rotatable bonds is 5. The summed E-state index contributed by atoms with van der Waals surface area (Å²) in [6, 6.07) is 17.8. The van der Waals surface area contributed by atoms with Gasteiger partial charge in [-0.2, -0.15) is 0 Å². The third-order valence-electron chi connectivity index (χ3n) is 2.96. The number of halogens is 1. The molecule has 1 heterocycles. The largest absolute Gasteiger partial charge is 0.416 e. The summed E-state index contributed by atoms with van der Waals surface area (Å²) < 4.78 is 5.65. The van der Waals surface area contributed by atoms with E-state index in [1.165, 1.54) is 11.8 Å². The van der Waals surface area contributed by atoms with E-state index in [1.807, 2.05) is 54.6 Å². The van der Waals surface area contributed by atoms with E-state index in [1.54, 1.807) is 0 Å². The van der Waals surface area contributed by atoms with Crippen LogP contribution in [0.3, 0.4) is 0 Å². The van der Waals surface area contributed by atoms with Gasteiger partial charge in [-0.15, -0.1) is 10.2 Å². The van der Waals surface area contributed by atoms with Gasteiger partial charge in [0.1, 0.15) is 0 Å². The lowest BCUT2D eigenvalue weighted by Crippen LogP contribution is -1.87. The van der Waals surface area contributed by atoms with Crippen LogP contribution in [-0.4, -0.2) is 10.2 Å². The Kier molecular flexibility index (Phi) is 4.58. The van der Waals surface area contributed by atoms with Crippen molar-refractivity contribution in [3.05, 3.63) is 76.6 Å². The summed E-state index contributed by atoms with van der Waals surface area (Å²) in [5.41, 5.74) is 2.22. The lowest BCUT2D eigenvalue weighted by atomic mass is 10.2. The molecule has 0 aliphatic carbocycles. The highest BCUT2D eigenvalue weighted by Crippen LogP contribution is 2.26. The van der Waals surface area contributed by atoms with Gasteiger partial charge in [-0.3, -0.25) is 0 Å². The van der Waals surface area contributed by atoms with E-state index in [4.69, 9.17) is 16.0 Å². The van der Waals surface area contributed by atoms with Gasteiger partial charge in [0.25, 0.3) is 5.22 Å². The quantitative estimate of drug-likeness (QED) is 0.644. The molecule has 0 spiro atoms. The summed E-state index contributed by atoms with van der Waals surface area (Å²) in [7, 11) is 0. The number of thioether (sulfide) groups is 1. The molecular weight excluding hydrogens is 304 g/mol. The Labute approximate surface area is 132 Å². The SMILES string of the molecule is Clc1ccccc1CSc1nnc(Cc2ccccc2)o1. The molecule has 5 heteroatoms. The topological polar surface area (TPSA) is 38.9 Å². The van der Waals surface area contributed by atoms with Gasteiger partial charge in [0.05, 0.1) is 6.42 Å². The van der Waals surface area contributed by atoms with Crippen molar-refractivity contribution in [2.24, 2.45) is 0 Å². The maximum absolute atomic E-state index is 6.12. The molecule has 0 radical (unpaired) electrons. The van der Waals surface area contributed by atoms with Crippen molar-refractivity contribution in [3.63, 3.8) is 0 Å². The van der Waals surface area contributed by atoms with E-state index in [-0.39, 0.29) is 0 Å². The Morgan fingerprint density at radius 2 is 1.71 bits per heavy atom. The fourth-order valence-corrected chi connectivity index (χ4v) is 2.96. The fraction of sp³-hybridized carbons (Fsp3) is 0.125. The first-order valence-electron chi connectivity index (χ1n) is 6.54. The van der Waals surface area contributed by atoms with Crippen LogP contribution in [0.15, 0.2) is 64.2 Å². The van der Waals surface area contributed by atoms with Crippen LogP contribution in [0, 0.1) is 0 Å². The lowest BCUT2D eigenvalue weighted by Gasteiger charge is -2.00. The number of hydrogen-bond acceptors (Lipinski definition) is 4. The highest BCUT2D eigenvalue weighted by atomic mass is 35.5. The summed E-state index contributed by atoms with van der Waals surface area (Å²) in [5, 5.41) is 9.46. The van der Waals surface area contributed by atoms with Gasteiger partial charge in [0.15, 0.2) is 0 Å². The zero-order valence-electron chi connectivity index (χ0n) is 11.2. The van der Waals surface area contributed by atoms with Gasteiger partial charge in [-0.1, -0.05) is 71.9 Å². The smallest absolute Gasteiger partial charge is 0.276 e. The van der Waals surface area contributed by atoms with Crippen molar-refractivity contribution in [2.45, 2.75) is 17.4 Å². The molecule has 21 heavy (non-hydrogen) atoms. The van der Waals surface area contributed by atoms with Crippen molar-refractivity contribution >= 4 is 23.4 Å². The Morgan fingerprint density at radius 1 is 0.952 bits per heavy atom. The summed E-state index contributed by atoms with van der Waals surface area (Å²) in [4.78, 5) is 0. The predicted molar refractivity (Wildman–Crippen MR) is 84.6 cm³/mol. The highest BCUT2D eigenvalue weighted by Gasteiger charge is 2.08. The van der Waals surface area contributed by atoms with Gasteiger partial charge in [-0.05, 0) is 17.2 Å². The first-order valence-corrected chi connectivity index (χ1v) is 7.90. The molecule has 0 N–H and O–H groups in total. The minimum atomic E-state index is 0.570. The van der Waals surface area contributed by atoms with Crippen LogP contribution in [0.1, 0.15) is 17.0 Å². The standard InChI is InChI=1S/C16H13ClN2OS/c17-14-9-5-4-8-13(14)11-21-16-19-18-15(20-16)10-12-6-2-1-3-7-12/h1-9H,10-11H2. The van der Waals surface area contributed by atoms with Crippen molar-refractivity contribution in [3.8, 4) is 0 Å². The first-order chi connectivity index (χ1) is 10.3. The zero-order valence-corrected chi connectivity index (χ0v) is 12.8. The van der Waals surface area contributed by atoms with Crippen LogP contribution < -0.4 is 0 Å². The molecular formula is C16H13ClN2OS. The normalized spacial score (nSPS) is 10.7. The van der Waals surface area contributed by atoms with Crippen molar-refractivity contribution in [1.29, 1.82) is 0 Å². The molecule has 106 valence electrons. The van der Waals surface area contributed by atoms with Crippen LogP contribution in [0.25, 0.3) is 0 Å². The molecule has 0 saturated carbocycles. The van der Waals surface area contributed by atoms with E-state index in [2.05, 4.69) is 10.2 Å². The number of benzene rings is 2. The van der Waals surface area contributed by atoms with E-state index in [9.17, 15) is 0 Å². The van der Waals surface area contributed by atoms with Gasteiger partial charge in [0.2, 0.25) is 5.89 Å². The van der Waals surface area contributed by atoms with Crippen molar-refractivity contribution in [1.82, 2.24) is 10.2 Å². The average molecular weight is 317 g/mol. The zero-order chi connectivity index (χ0) is 14.5. The first kappa shape index (κ1) is 14.2. The maximum atomic E-state index is 6.12. The van der Waals surface area contributed by atoms with Crippen molar-refractivity contribution in [2.75, 3.05) is 0 Å². The summed E-state index contributed by atoms with van der Waals surface area (Å²) >= 11 is 7.62. The molecule has 0 amide bonds. The fourth-order valence-electron chi connectivity index (χ4n) is 1.89. The summed E-state index contributed by atoms with van der Waals surface area (Å²) in [6.45, 7) is 0. The Bertz CT molecular complexity index is 715. The molecule has 0 saturated heterocycles.